The zero-order valence-electron chi connectivity index (χ0n) is 8.06. The van der Waals surface area contributed by atoms with Gasteiger partial charge in [0.05, 0.1) is 0 Å². The van der Waals surface area contributed by atoms with E-state index in [1.54, 1.807) is 0 Å². The van der Waals surface area contributed by atoms with Crippen LogP contribution in [0.1, 0.15) is 0 Å². The molecule has 0 aliphatic carbocycles. The molecule has 1 rings (SSSR count). The molecular formula is C8H13N3O4. The van der Waals surface area contributed by atoms with E-state index < -0.39 is 5.75 Å². The zero-order valence-corrected chi connectivity index (χ0v) is 8.06. The van der Waals surface area contributed by atoms with E-state index in [1.165, 1.54) is 25.2 Å². The van der Waals surface area contributed by atoms with Crippen molar-refractivity contribution in [3.8, 4) is 17.2 Å². The maximum atomic E-state index is 9.83. The van der Waals surface area contributed by atoms with Gasteiger partial charge in [0, 0.05) is 7.05 Å². The Bertz CT molecular complexity index is 303. The second-order valence-electron chi connectivity index (χ2n) is 2.37. The highest BCUT2D eigenvalue weighted by molar-refractivity contribution is 5.72. The van der Waals surface area contributed by atoms with E-state index in [4.69, 9.17) is 15.3 Å². The summed E-state index contributed by atoms with van der Waals surface area (Å²) in [5.74, 6) is 3.53. The molecular weight excluding hydrogens is 202 g/mol. The second kappa shape index (κ2) is 6.33. The fourth-order valence-corrected chi connectivity index (χ4v) is 0.592. The number of hydrazine groups is 1. The molecule has 7 N–H and O–H groups in total. The van der Waals surface area contributed by atoms with Gasteiger partial charge in [-0.2, -0.15) is 0 Å². The zero-order chi connectivity index (χ0) is 11.8. The molecule has 0 heterocycles. The third-order valence-corrected chi connectivity index (χ3v) is 1.35. The van der Waals surface area contributed by atoms with E-state index in [2.05, 4.69) is 11.2 Å². The van der Waals surface area contributed by atoms with Crippen molar-refractivity contribution in [1.29, 1.82) is 0 Å². The van der Waals surface area contributed by atoms with Crippen molar-refractivity contribution in [2.45, 2.75) is 0 Å². The standard InChI is InChI=1S/C6H6O3.C2H7N3O/c7-4-2-1-3-5(8)6(4)9;1-4-2(6)5-3/h1-3,7-9H;3H2,1H3,(H2,4,5,6). The van der Waals surface area contributed by atoms with E-state index in [0.717, 1.165) is 0 Å². The number of phenols is 3. The number of rotatable bonds is 0. The number of benzene rings is 1. The maximum absolute atomic E-state index is 9.83. The topological polar surface area (TPSA) is 128 Å². The fraction of sp³-hybridized carbons (Fsp3) is 0.125. The van der Waals surface area contributed by atoms with Gasteiger partial charge in [-0.1, -0.05) is 6.07 Å². The van der Waals surface area contributed by atoms with Crippen LogP contribution in [0.2, 0.25) is 0 Å². The Morgan fingerprint density at radius 3 is 1.93 bits per heavy atom. The molecule has 0 aromatic heterocycles. The second-order valence-corrected chi connectivity index (χ2v) is 2.37. The normalized spacial score (nSPS) is 8.40. The summed E-state index contributed by atoms with van der Waals surface area (Å²) in [4.78, 5) is 9.83. The van der Waals surface area contributed by atoms with E-state index in [0.29, 0.717) is 0 Å². The van der Waals surface area contributed by atoms with E-state index in [9.17, 15) is 4.79 Å². The quantitative estimate of drug-likeness (QED) is 0.152. The van der Waals surface area contributed by atoms with Crippen LogP contribution in [-0.2, 0) is 0 Å². The summed E-state index contributed by atoms with van der Waals surface area (Å²) in [7, 11) is 1.49. The number of hydrogen-bond donors (Lipinski definition) is 6. The molecule has 0 saturated heterocycles. The SMILES string of the molecule is CNC(=O)NN.Oc1cccc(O)c1O. The summed E-state index contributed by atoms with van der Waals surface area (Å²) in [6, 6.07) is 3.63. The Morgan fingerprint density at radius 1 is 1.27 bits per heavy atom. The van der Waals surface area contributed by atoms with Crippen LogP contribution in [0.3, 0.4) is 0 Å². The first-order chi connectivity index (χ1) is 7.02. The number of nitrogens with one attached hydrogen (secondary N) is 2. The number of hydrogen-bond acceptors (Lipinski definition) is 5. The maximum Gasteiger partial charge on any atom is 0.328 e. The molecule has 7 heteroatoms. The monoisotopic (exact) mass is 215 g/mol. The Balaban J connectivity index is 0.000000288. The number of urea groups is 1. The minimum absolute atomic E-state index is 0.310. The van der Waals surface area contributed by atoms with E-state index >= 15 is 0 Å². The van der Waals surface area contributed by atoms with Crippen molar-refractivity contribution in [1.82, 2.24) is 10.7 Å². The van der Waals surface area contributed by atoms with Gasteiger partial charge in [0.1, 0.15) is 0 Å². The largest absolute Gasteiger partial charge is 0.504 e. The Kier molecular flexibility index (Phi) is 5.42. The number of phenolic OH excluding ortho intramolecular Hbond substituents is 3. The first-order valence-corrected chi connectivity index (χ1v) is 3.91. The minimum atomic E-state index is -0.475. The van der Waals surface area contributed by atoms with Crippen LogP contribution in [0.25, 0.3) is 0 Å². The molecule has 7 nitrogen and oxygen atoms in total. The lowest BCUT2D eigenvalue weighted by atomic mass is 10.3. The lowest BCUT2D eigenvalue weighted by molar-refractivity contribution is 0.243. The first-order valence-electron chi connectivity index (χ1n) is 3.91. The number of carbonyl (C=O) groups excluding carboxylic acids is 1. The van der Waals surface area contributed by atoms with Crippen molar-refractivity contribution < 1.29 is 20.1 Å². The number of carbonyl (C=O) groups is 1. The molecule has 0 fully saturated rings. The van der Waals surface area contributed by atoms with Crippen LogP contribution in [0.15, 0.2) is 18.2 Å². The molecule has 15 heavy (non-hydrogen) atoms. The number of para-hydroxylation sites is 1. The predicted molar refractivity (Wildman–Crippen MR) is 53.2 cm³/mol. The van der Waals surface area contributed by atoms with Crippen LogP contribution in [-0.4, -0.2) is 28.4 Å². The van der Waals surface area contributed by atoms with Crippen molar-refractivity contribution >= 4 is 6.03 Å². The van der Waals surface area contributed by atoms with Gasteiger partial charge in [-0.05, 0) is 12.1 Å². The highest BCUT2D eigenvalue weighted by Crippen LogP contribution is 2.32. The lowest BCUT2D eigenvalue weighted by Crippen LogP contribution is -2.37. The molecule has 0 saturated carbocycles. The van der Waals surface area contributed by atoms with Crippen molar-refractivity contribution in [3.63, 3.8) is 0 Å². The van der Waals surface area contributed by atoms with Gasteiger partial charge in [0.15, 0.2) is 17.2 Å². The molecule has 2 amide bonds. The van der Waals surface area contributed by atoms with Gasteiger partial charge < -0.3 is 20.6 Å². The predicted octanol–water partition coefficient (Wildman–Crippen LogP) is -0.408. The third-order valence-electron chi connectivity index (χ3n) is 1.35. The molecule has 1 aromatic carbocycles. The van der Waals surface area contributed by atoms with Gasteiger partial charge >= 0.3 is 6.03 Å². The summed E-state index contributed by atoms with van der Waals surface area (Å²) in [6.45, 7) is 0. The first kappa shape index (κ1) is 12.8. The molecule has 0 unspecified atom stereocenters. The van der Waals surface area contributed by atoms with Crippen molar-refractivity contribution in [2.75, 3.05) is 7.05 Å². The van der Waals surface area contributed by atoms with Crippen LogP contribution in [0.5, 0.6) is 17.2 Å². The van der Waals surface area contributed by atoms with Crippen molar-refractivity contribution in [2.24, 2.45) is 5.84 Å². The summed E-state index contributed by atoms with van der Waals surface area (Å²) in [5, 5.41) is 28.3. The smallest absolute Gasteiger partial charge is 0.328 e. The highest BCUT2D eigenvalue weighted by atomic mass is 16.3. The van der Waals surface area contributed by atoms with Gasteiger partial charge in [-0.15, -0.1) is 0 Å². The van der Waals surface area contributed by atoms with E-state index in [-0.39, 0.29) is 17.5 Å². The Labute approximate surface area is 86.1 Å². The van der Waals surface area contributed by atoms with Crippen LogP contribution in [0, 0.1) is 0 Å². The van der Waals surface area contributed by atoms with Gasteiger partial charge in [-0.25, -0.2) is 10.6 Å². The van der Waals surface area contributed by atoms with Gasteiger partial charge in [-0.3, -0.25) is 5.43 Å². The molecule has 0 spiro atoms. The Morgan fingerprint density at radius 2 is 1.73 bits per heavy atom. The van der Waals surface area contributed by atoms with Crippen LogP contribution in [0.4, 0.5) is 4.79 Å². The number of aromatic hydroxyl groups is 3. The average molecular weight is 215 g/mol. The number of nitrogens with two attached hydrogens (primary N) is 1. The number of amides is 2. The van der Waals surface area contributed by atoms with Crippen molar-refractivity contribution in [3.05, 3.63) is 18.2 Å². The average Bonchev–Trinajstić information content (AvgIpc) is 2.25. The fourth-order valence-electron chi connectivity index (χ4n) is 0.592. The lowest BCUT2D eigenvalue weighted by Gasteiger charge is -1.96. The molecule has 0 atom stereocenters. The van der Waals surface area contributed by atoms with Gasteiger partial charge in [0.2, 0.25) is 0 Å². The minimum Gasteiger partial charge on any atom is -0.504 e. The highest BCUT2D eigenvalue weighted by Gasteiger charge is 2.00. The van der Waals surface area contributed by atoms with Gasteiger partial charge in [0.25, 0.3) is 0 Å². The molecule has 0 aliphatic heterocycles. The van der Waals surface area contributed by atoms with E-state index in [1.807, 2.05) is 5.43 Å². The summed E-state index contributed by atoms with van der Waals surface area (Å²) in [5.41, 5.74) is 1.86. The summed E-state index contributed by atoms with van der Waals surface area (Å²) in [6.07, 6.45) is 0. The third kappa shape index (κ3) is 4.58. The molecule has 84 valence electrons. The molecule has 0 radical (unpaired) electrons. The molecule has 0 bridgehead atoms. The van der Waals surface area contributed by atoms with Crippen LogP contribution >= 0.6 is 0 Å². The summed E-state index contributed by atoms with van der Waals surface area (Å²) < 4.78 is 0. The molecule has 0 aliphatic rings. The summed E-state index contributed by atoms with van der Waals surface area (Å²) >= 11 is 0. The Hall–Kier alpha value is -2.15. The molecule has 1 aromatic rings. The van der Waals surface area contributed by atoms with Crippen LogP contribution < -0.4 is 16.6 Å².